The Morgan fingerprint density at radius 2 is 1.89 bits per heavy atom. The van der Waals surface area contributed by atoms with Gasteiger partial charge in [0.05, 0.1) is 11.3 Å². The van der Waals surface area contributed by atoms with Crippen molar-refractivity contribution in [1.29, 1.82) is 0 Å². The average molecular weight is 374 g/mol. The number of hydrogen-bond donors (Lipinski definition) is 0. The number of benzene rings is 2. The molecule has 2 heterocycles. The monoisotopic (exact) mass is 374 g/mol. The Hall–Kier alpha value is -3.21. The predicted molar refractivity (Wildman–Crippen MR) is 108 cm³/mol. The molecule has 142 valence electrons. The van der Waals surface area contributed by atoms with E-state index in [1.165, 1.54) is 0 Å². The van der Waals surface area contributed by atoms with E-state index in [0.717, 1.165) is 49.2 Å². The summed E-state index contributed by atoms with van der Waals surface area (Å²) >= 11 is 0. The van der Waals surface area contributed by atoms with Crippen LogP contribution in [-0.2, 0) is 13.0 Å². The first-order valence-electron chi connectivity index (χ1n) is 9.61. The normalized spacial score (nSPS) is 13.5. The van der Waals surface area contributed by atoms with Gasteiger partial charge in [0, 0.05) is 24.6 Å². The highest BCUT2D eigenvalue weighted by Crippen LogP contribution is 2.24. The van der Waals surface area contributed by atoms with Crippen molar-refractivity contribution in [3.8, 4) is 17.0 Å². The van der Waals surface area contributed by atoms with Gasteiger partial charge in [0.15, 0.2) is 0 Å². The number of aromatic nitrogens is 2. The van der Waals surface area contributed by atoms with E-state index in [1.54, 1.807) is 34.9 Å². The van der Waals surface area contributed by atoms with Gasteiger partial charge in [-0.3, -0.25) is 9.36 Å². The van der Waals surface area contributed by atoms with E-state index in [1.807, 2.05) is 31.2 Å². The standard InChI is InChI=1S/C23H22N2O3/c1-16-8-4-5-11-19(16)23(27)28-18-10-7-9-17(14-18)20-15-22(26)25-13-6-2-3-12-21(25)24-20/h4-5,7-11,14-15H,2-3,6,12-13H2,1H3. The lowest BCUT2D eigenvalue weighted by atomic mass is 10.1. The third kappa shape index (κ3) is 3.74. The topological polar surface area (TPSA) is 61.2 Å². The summed E-state index contributed by atoms with van der Waals surface area (Å²) in [5.41, 5.74) is 2.76. The lowest BCUT2D eigenvalue weighted by Crippen LogP contribution is -2.23. The molecule has 0 bridgehead atoms. The number of fused-ring (bicyclic) bond motifs is 1. The van der Waals surface area contributed by atoms with E-state index in [2.05, 4.69) is 0 Å². The van der Waals surface area contributed by atoms with E-state index in [0.29, 0.717) is 17.0 Å². The van der Waals surface area contributed by atoms with Gasteiger partial charge in [0.1, 0.15) is 11.6 Å². The first kappa shape index (κ1) is 18.2. The SMILES string of the molecule is Cc1ccccc1C(=O)Oc1cccc(-c2cc(=O)n3c(n2)CCCCC3)c1. The maximum absolute atomic E-state index is 12.5. The Kier molecular flexibility index (Phi) is 5.06. The molecule has 5 nitrogen and oxygen atoms in total. The van der Waals surface area contributed by atoms with E-state index in [-0.39, 0.29) is 5.56 Å². The first-order valence-corrected chi connectivity index (χ1v) is 9.61. The van der Waals surface area contributed by atoms with Crippen molar-refractivity contribution in [2.75, 3.05) is 0 Å². The number of carbonyl (C=O) groups is 1. The molecule has 0 saturated heterocycles. The molecule has 1 aliphatic heterocycles. The van der Waals surface area contributed by atoms with Crippen LogP contribution in [0.5, 0.6) is 5.75 Å². The van der Waals surface area contributed by atoms with Crippen LogP contribution < -0.4 is 10.3 Å². The molecule has 0 aliphatic carbocycles. The van der Waals surface area contributed by atoms with Gasteiger partial charge >= 0.3 is 5.97 Å². The van der Waals surface area contributed by atoms with Gasteiger partial charge in [0.25, 0.3) is 5.56 Å². The van der Waals surface area contributed by atoms with Crippen LogP contribution in [-0.4, -0.2) is 15.5 Å². The molecule has 28 heavy (non-hydrogen) atoms. The Balaban J connectivity index is 1.63. The van der Waals surface area contributed by atoms with E-state index in [9.17, 15) is 9.59 Å². The predicted octanol–water partition coefficient (Wildman–Crippen LogP) is 4.16. The average Bonchev–Trinajstić information content (AvgIpc) is 2.94. The molecule has 1 aromatic heterocycles. The minimum Gasteiger partial charge on any atom is -0.423 e. The number of carbonyl (C=O) groups excluding carboxylic acids is 1. The van der Waals surface area contributed by atoms with Gasteiger partial charge in [-0.25, -0.2) is 9.78 Å². The molecule has 5 heteroatoms. The lowest BCUT2D eigenvalue weighted by molar-refractivity contribution is 0.0734. The summed E-state index contributed by atoms with van der Waals surface area (Å²) in [5, 5.41) is 0. The molecule has 4 rings (SSSR count). The zero-order chi connectivity index (χ0) is 19.5. The fraction of sp³-hybridized carbons (Fsp3) is 0.261. The fourth-order valence-corrected chi connectivity index (χ4v) is 3.54. The second kappa shape index (κ2) is 7.80. The molecular weight excluding hydrogens is 352 g/mol. The smallest absolute Gasteiger partial charge is 0.343 e. The van der Waals surface area contributed by atoms with E-state index < -0.39 is 5.97 Å². The van der Waals surface area contributed by atoms with Crippen molar-refractivity contribution in [3.63, 3.8) is 0 Å². The second-order valence-corrected chi connectivity index (χ2v) is 7.09. The Labute approximate surface area is 163 Å². The molecule has 0 unspecified atom stereocenters. The first-order chi connectivity index (χ1) is 13.6. The second-order valence-electron chi connectivity index (χ2n) is 7.09. The van der Waals surface area contributed by atoms with Crippen molar-refractivity contribution in [2.45, 2.75) is 39.2 Å². The molecule has 0 radical (unpaired) electrons. The van der Waals surface area contributed by atoms with Crippen molar-refractivity contribution in [1.82, 2.24) is 9.55 Å². The number of aryl methyl sites for hydroxylation is 2. The molecule has 2 aromatic carbocycles. The summed E-state index contributed by atoms with van der Waals surface area (Å²) in [6.45, 7) is 2.61. The van der Waals surface area contributed by atoms with Crippen LogP contribution in [0.2, 0.25) is 0 Å². The molecule has 0 N–H and O–H groups in total. The number of rotatable bonds is 3. The van der Waals surface area contributed by atoms with E-state index in [4.69, 9.17) is 9.72 Å². The van der Waals surface area contributed by atoms with Crippen LogP contribution in [0.15, 0.2) is 59.4 Å². The number of hydrogen-bond acceptors (Lipinski definition) is 4. The third-order valence-corrected chi connectivity index (χ3v) is 5.07. The maximum atomic E-state index is 12.5. The molecule has 0 saturated carbocycles. The van der Waals surface area contributed by atoms with Gasteiger partial charge in [-0.05, 0) is 43.5 Å². The Morgan fingerprint density at radius 1 is 1.04 bits per heavy atom. The summed E-state index contributed by atoms with van der Waals surface area (Å²) in [5.74, 6) is 0.870. The van der Waals surface area contributed by atoms with Crippen molar-refractivity contribution < 1.29 is 9.53 Å². The maximum Gasteiger partial charge on any atom is 0.343 e. The molecule has 0 amide bonds. The third-order valence-electron chi connectivity index (χ3n) is 5.07. The Morgan fingerprint density at radius 3 is 2.75 bits per heavy atom. The minimum atomic E-state index is -0.398. The lowest BCUT2D eigenvalue weighted by Gasteiger charge is -2.11. The van der Waals surface area contributed by atoms with Crippen molar-refractivity contribution >= 4 is 5.97 Å². The zero-order valence-corrected chi connectivity index (χ0v) is 15.9. The molecular formula is C23H22N2O3. The highest BCUT2D eigenvalue weighted by molar-refractivity contribution is 5.92. The number of ether oxygens (including phenoxy) is 1. The van der Waals surface area contributed by atoms with Crippen LogP contribution in [0, 0.1) is 6.92 Å². The quantitative estimate of drug-likeness (QED) is 0.510. The Bertz CT molecular complexity index is 1090. The summed E-state index contributed by atoms with van der Waals surface area (Å²) in [6.07, 6.45) is 3.98. The van der Waals surface area contributed by atoms with Gasteiger partial charge in [-0.15, -0.1) is 0 Å². The van der Waals surface area contributed by atoms with Gasteiger partial charge in [0.2, 0.25) is 0 Å². The van der Waals surface area contributed by atoms with Crippen LogP contribution in [0.3, 0.4) is 0 Å². The summed E-state index contributed by atoms with van der Waals surface area (Å²) in [6, 6.07) is 16.1. The van der Waals surface area contributed by atoms with Gasteiger partial charge < -0.3 is 4.74 Å². The highest BCUT2D eigenvalue weighted by atomic mass is 16.5. The van der Waals surface area contributed by atoms with E-state index >= 15 is 0 Å². The van der Waals surface area contributed by atoms with Crippen molar-refractivity contribution in [3.05, 3.63) is 81.9 Å². The molecule has 0 atom stereocenters. The number of esters is 1. The fourth-order valence-electron chi connectivity index (χ4n) is 3.54. The van der Waals surface area contributed by atoms with Crippen LogP contribution in [0.1, 0.15) is 41.0 Å². The summed E-state index contributed by atoms with van der Waals surface area (Å²) in [4.78, 5) is 29.7. The van der Waals surface area contributed by atoms with Crippen LogP contribution in [0.25, 0.3) is 11.3 Å². The molecule has 3 aromatic rings. The molecule has 0 fully saturated rings. The molecule has 0 spiro atoms. The van der Waals surface area contributed by atoms with Gasteiger partial charge in [-0.2, -0.15) is 0 Å². The van der Waals surface area contributed by atoms with Gasteiger partial charge in [-0.1, -0.05) is 36.8 Å². The number of nitrogens with zero attached hydrogens (tertiary/aromatic N) is 2. The van der Waals surface area contributed by atoms with Crippen LogP contribution in [0.4, 0.5) is 0 Å². The van der Waals surface area contributed by atoms with Crippen LogP contribution >= 0.6 is 0 Å². The summed E-state index contributed by atoms with van der Waals surface area (Å²) in [7, 11) is 0. The summed E-state index contributed by atoms with van der Waals surface area (Å²) < 4.78 is 7.33. The zero-order valence-electron chi connectivity index (χ0n) is 15.9. The molecule has 1 aliphatic rings. The largest absolute Gasteiger partial charge is 0.423 e. The highest BCUT2D eigenvalue weighted by Gasteiger charge is 2.15. The minimum absolute atomic E-state index is 0.0239. The van der Waals surface area contributed by atoms with Crippen molar-refractivity contribution in [2.24, 2.45) is 0 Å².